The number of aromatic amines is 1. The van der Waals surface area contributed by atoms with Crippen LogP contribution in [0.3, 0.4) is 0 Å². The molecule has 0 aromatic carbocycles. The summed E-state index contributed by atoms with van der Waals surface area (Å²) in [7, 11) is -1.72. The third-order valence-electron chi connectivity index (χ3n) is 3.58. The highest BCUT2D eigenvalue weighted by Crippen LogP contribution is 2.22. The predicted octanol–water partition coefficient (Wildman–Crippen LogP) is 0.0464. The molecule has 0 spiro atoms. The Morgan fingerprint density at radius 2 is 2.25 bits per heavy atom. The summed E-state index contributed by atoms with van der Waals surface area (Å²) in [6.45, 7) is 3.59. The zero-order valence-corrected chi connectivity index (χ0v) is 12.5. The summed E-state index contributed by atoms with van der Waals surface area (Å²) in [6.07, 6.45) is 4.51. The fourth-order valence-electron chi connectivity index (χ4n) is 2.36. The molecule has 2 rings (SSSR count). The van der Waals surface area contributed by atoms with Crippen LogP contribution in [0.4, 0.5) is 0 Å². The maximum absolute atomic E-state index is 12.3. The van der Waals surface area contributed by atoms with Crippen molar-refractivity contribution in [3.8, 4) is 0 Å². The molecule has 1 aromatic rings. The van der Waals surface area contributed by atoms with E-state index >= 15 is 0 Å². The van der Waals surface area contributed by atoms with E-state index in [1.54, 1.807) is 7.11 Å². The Balaban J connectivity index is 1.79. The number of methoxy groups -OCH3 is 1. The van der Waals surface area contributed by atoms with Gasteiger partial charge in [0.1, 0.15) is 0 Å². The van der Waals surface area contributed by atoms with E-state index in [0.717, 1.165) is 25.9 Å². The van der Waals surface area contributed by atoms with Crippen molar-refractivity contribution in [3.05, 3.63) is 12.5 Å². The average molecular weight is 302 g/mol. The standard InChI is InChI=1S/C12H22N4O3S/c1-19-7-4-13-8-11-2-5-16(6-3-11)20(17,18)12-9-14-10-15-12/h9-11,13H,2-8H2,1H3,(H,14,15). The Labute approximate surface area is 119 Å². The first-order chi connectivity index (χ1) is 9.64. The number of nitrogens with zero attached hydrogens (tertiary/aromatic N) is 2. The number of hydrogen-bond donors (Lipinski definition) is 2. The number of nitrogens with one attached hydrogen (secondary N) is 2. The van der Waals surface area contributed by atoms with Crippen LogP contribution in [-0.2, 0) is 14.8 Å². The number of rotatable bonds is 7. The van der Waals surface area contributed by atoms with Crippen LogP contribution in [0.2, 0.25) is 0 Å². The molecule has 7 nitrogen and oxygen atoms in total. The van der Waals surface area contributed by atoms with Gasteiger partial charge in [-0.15, -0.1) is 0 Å². The van der Waals surface area contributed by atoms with Crippen LogP contribution in [0.1, 0.15) is 12.8 Å². The molecule has 1 fully saturated rings. The lowest BCUT2D eigenvalue weighted by Crippen LogP contribution is -2.41. The van der Waals surface area contributed by atoms with Crippen molar-refractivity contribution in [2.24, 2.45) is 5.92 Å². The third-order valence-corrected chi connectivity index (χ3v) is 5.40. The highest BCUT2D eigenvalue weighted by atomic mass is 32.2. The van der Waals surface area contributed by atoms with Crippen molar-refractivity contribution < 1.29 is 13.2 Å². The Bertz CT molecular complexity index is 481. The summed E-state index contributed by atoms with van der Waals surface area (Å²) >= 11 is 0. The van der Waals surface area contributed by atoms with Crippen molar-refractivity contribution in [2.45, 2.75) is 17.9 Å². The van der Waals surface area contributed by atoms with Crippen molar-refractivity contribution in [1.82, 2.24) is 19.6 Å². The molecule has 0 bridgehead atoms. The summed E-state index contributed by atoms with van der Waals surface area (Å²) < 4.78 is 31.1. The largest absolute Gasteiger partial charge is 0.383 e. The third kappa shape index (κ3) is 3.78. The molecule has 0 amide bonds. The topological polar surface area (TPSA) is 87.3 Å². The van der Waals surface area contributed by atoms with E-state index in [1.165, 1.54) is 16.8 Å². The van der Waals surface area contributed by atoms with E-state index < -0.39 is 10.0 Å². The van der Waals surface area contributed by atoms with Crippen LogP contribution in [-0.4, -0.2) is 62.6 Å². The monoisotopic (exact) mass is 302 g/mol. The fourth-order valence-corrected chi connectivity index (χ4v) is 3.72. The average Bonchev–Trinajstić information content (AvgIpc) is 2.99. The van der Waals surface area contributed by atoms with Crippen LogP contribution < -0.4 is 5.32 Å². The van der Waals surface area contributed by atoms with Gasteiger partial charge in [-0.3, -0.25) is 0 Å². The van der Waals surface area contributed by atoms with E-state index in [-0.39, 0.29) is 5.03 Å². The lowest BCUT2D eigenvalue weighted by molar-refractivity contribution is 0.194. The number of piperidine rings is 1. The maximum atomic E-state index is 12.3. The molecule has 1 aliphatic heterocycles. The second-order valence-corrected chi connectivity index (χ2v) is 6.87. The molecule has 2 heterocycles. The van der Waals surface area contributed by atoms with E-state index in [0.29, 0.717) is 25.6 Å². The van der Waals surface area contributed by atoms with Crippen LogP contribution in [0.5, 0.6) is 0 Å². The molecule has 1 aliphatic rings. The lowest BCUT2D eigenvalue weighted by Gasteiger charge is -2.30. The van der Waals surface area contributed by atoms with Gasteiger partial charge in [0.2, 0.25) is 0 Å². The Morgan fingerprint density at radius 1 is 1.50 bits per heavy atom. The Kier molecular flexibility index (Phi) is 5.53. The Hall–Kier alpha value is -0.960. The molecular formula is C12H22N4O3S. The molecule has 0 atom stereocenters. The number of sulfonamides is 1. The van der Waals surface area contributed by atoms with E-state index in [4.69, 9.17) is 4.74 Å². The van der Waals surface area contributed by atoms with Crippen molar-refractivity contribution in [3.63, 3.8) is 0 Å². The highest BCUT2D eigenvalue weighted by molar-refractivity contribution is 7.89. The van der Waals surface area contributed by atoms with Crippen LogP contribution in [0, 0.1) is 5.92 Å². The van der Waals surface area contributed by atoms with Gasteiger partial charge in [-0.25, -0.2) is 13.4 Å². The smallest absolute Gasteiger partial charge is 0.260 e. The molecule has 2 N–H and O–H groups in total. The quantitative estimate of drug-likeness (QED) is 0.695. The maximum Gasteiger partial charge on any atom is 0.260 e. The van der Waals surface area contributed by atoms with Gasteiger partial charge >= 0.3 is 0 Å². The minimum Gasteiger partial charge on any atom is -0.383 e. The minimum absolute atomic E-state index is 0.175. The van der Waals surface area contributed by atoms with Gasteiger partial charge in [0.15, 0.2) is 5.03 Å². The zero-order valence-electron chi connectivity index (χ0n) is 11.7. The Morgan fingerprint density at radius 3 is 2.85 bits per heavy atom. The summed E-state index contributed by atoms with van der Waals surface area (Å²) in [6, 6.07) is 0. The first kappa shape index (κ1) is 15.4. The zero-order chi connectivity index (χ0) is 14.4. The van der Waals surface area contributed by atoms with E-state index in [9.17, 15) is 8.42 Å². The summed E-state index contributed by atoms with van der Waals surface area (Å²) in [5, 5.41) is 3.50. The molecular weight excluding hydrogens is 280 g/mol. The number of imidazole rings is 1. The van der Waals surface area contributed by atoms with Gasteiger partial charge < -0.3 is 15.0 Å². The molecule has 114 valence electrons. The van der Waals surface area contributed by atoms with Crippen molar-refractivity contribution >= 4 is 10.0 Å². The molecule has 0 radical (unpaired) electrons. The number of H-pyrrole nitrogens is 1. The van der Waals surface area contributed by atoms with Gasteiger partial charge in [-0.05, 0) is 25.3 Å². The lowest BCUT2D eigenvalue weighted by atomic mass is 9.98. The molecule has 0 unspecified atom stereocenters. The molecule has 1 saturated heterocycles. The SMILES string of the molecule is COCCNCC1CCN(S(=O)(=O)c2cnc[nH]2)CC1. The molecule has 0 aliphatic carbocycles. The van der Waals surface area contributed by atoms with Crippen LogP contribution in [0.15, 0.2) is 17.6 Å². The number of aromatic nitrogens is 2. The normalized spacial score (nSPS) is 18.4. The van der Waals surface area contributed by atoms with E-state index in [1.807, 2.05) is 0 Å². The van der Waals surface area contributed by atoms with Crippen molar-refractivity contribution in [2.75, 3.05) is 39.9 Å². The van der Waals surface area contributed by atoms with Gasteiger partial charge in [0.05, 0.1) is 19.1 Å². The fraction of sp³-hybridized carbons (Fsp3) is 0.750. The van der Waals surface area contributed by atoms with E-state index in [2.05, 4.69) is 15.3 Å². The van der Waals surface area contributed by atoms with Gasteiger partial charge in [-0.2, -0.15) is 4.31 Å². The highest BCUT2D eigenvalue weighted by Gasteiger charge is 2.29. The molecule has 1 aromatic heterocycles. The van der Waals surface area contributed by atoms with Gasteiger partial charge in [0.25, 0.3) is 10.0 Å². The summed E-state index contributed by atoms with van der Waals surface area (Å²) in [5.74, 6) is 0.528. The molecule has 0 saturated carbocycles. The number of hydrogen-bond acceptors (Lipinski definition) is 5. The first-order valence-corrected chi connectivity index (χ1v) is 8.27. The summed E-state index contributed by atoms with van der Waals surface area (Å²) in [5.41, 5.74) is 0. The molecule has 8 heteroatoms. The number of ether oxygens (including phenoxy) is 1. The minimum atomic E-state index is -3.40. The molecule has 20 heavy (non-hydrogen) atoms. The first-order valence-electron chi connectivity index (χ1n) is 6.83. The summed E-state index contributed by atoms with van der Waals surface area (Å²) in [4.78, 5) is 6.44. The van der Waals surface area contributed by atoms with Crippen LogP contribution >= 0.6 is 0 Å². The van der Waals surface area contributed by atoms with Gasteiger partial charge in [-0.1, -0.05) is 0 Å². The predicted molar refractivity (Wildman–Crippen MR) is 74.8 cm³/mol. The van der Waals surface area contributed by atoms with Crippen molar-refractivity contribution in [1.29, 1.82) is 0 Å². The van der Waals surface area contributed by atoms with Gasteiger partial charge in [0, 0.05) is 26.7 Å². The van der Waals surface area contributed by atoms with Crippen LogP contribution in [0.25, 0.3) is 0 Å². The second kappa shape index (κ2) is 7.16. The second-order valence-electron chi connectivity index (χ2n) is 4.96.